The van der Waals surface area contributed by atoms with E-state index in [9.17, 15) is 14.4 Å². The highest BCUT2D eigenvalue weighted by molar-refractivity contribution is 6.30. The summed E-state index contributed by atoms with van der Waals surface area (Å²) in [6.45, 7) is 3.83. The third-order valence-electron chi connectivity index (χ3n) is 3.47. The first-order chi connectivity index (χ1) is 11.0. The molecule has 0 saturated carbocycles. The van der Waals surface area contributed by atoms with Crippen molar-refractivity contribution in [3.8, 4) is 0 Å². The minimum absolute atomic E-state index is 0.0153. The zero-order valence-electron chi connectivity index (χ0n) is 13.0. The number of rotatable bonds is 4. The van der Waals surface area contributed by atoms with Crippen molar-refractivity contribution in [2.75, 3.05) is 13.1 Å². The van der Waals surface area contributed by atoms with Gasteiger partial charge in [0.05, 0.1) is 0 Å². The van der Waals surface area contributed by atoms with Crippen molar-refractivity contribution in [2.24, 2.45) is 0 Å². The summed E-state index contributed by atoms with van der Waals surface area (Å²) in [5.74, 6) is -1.12. The molecule has 1 aromatic rings. The first-order valence-electron chi connectivity index (χ1n) is 7.31. The number of barbiturate groups is 1. The molecule has 2 rings (SSSR count). The van der Waals surface area contributed by atoms with Gasteiger partial charge in [-0.05, 0) is 37.6 Å². The summed E-state index contributed by atoms with van der Waals surface area (Å²) in [7, 11) is 0. The van der Waals surface area contributed by atoms with Crippen LogP contribution in [0.3, 0.4) is 0 Å². The predicted molar refractivity (Wildman–Crippen MR) is 88.7 cm³/mol. The molecule has 1 aliphatic rings. The largest absolute Gasteiger partial charge is 0.333 e. The maximum absolute atomic E-state index is 12.3. The maximum Gasteiger partial charge on any atom is 0.333 e. The summed E-state index contributed by atoms with van der Waals surface area (Å²) in [5, 5.41) is 0.633. The maximum atomic E-state index is 12.3. The Hall–Kier alpha value is -2.40. The smallest absolute Gasteiger partial charge is 0.268 e. The second-order valence-electron chi connectivity index (χ2n) is 4.87. The minimum atomic E-state index is -0.566. The Bertz CT molecular complexity index is 664. The van der Waals surface area contributed by atoms with Crippen molar-refractivity contribution >= 4 is 35.5 Å². The van der Waals surface area contributed by atoms with E-state index in [1.807, 2.05) is 12.1 Å². The lowest BCUT2D eigenvalue weighted by molar-refractivity contribution is -0.135. The first-order valence-corrected chi connectivity index (χ1v) is 7.69. The van der Waals surface area contributed by atoms with Gasteiger partial charge >= 0.3 is 6.03 Å². The number of urea groups is 1. The average Bonchev–Trinajstić information content (AvgIpc) is 2.53. The summed E-state index contributed by atoms with van der Waals surface area (Å²) in [5.41, 5.74) is 0.872. The highest BCUT2D eigenvalue weighted by Crippen LogP contribution is 2.17. The monoisotopic (exact) mass is 332 g/mol. The van der Waals surface area contributed by atoms with Crippen LogP contribution in [0.25, 0.3) is 6.08 Å². The molecule has 1 aliphatic heterocycles. The van der Waals surface area contributed by atoms with Crippen molar-refractivity contribution in [3.63, 3.8) is 0 Å². The summed E-state index contributed by atoms with van der Waals surface area (Å²) < 4.78 is 0. The third-order valence-corrected chi connectivity index (χ3v) is 3.72. The number of benzene rings is 1. The molecule has 5 nitrogen and oxygen atoms in total. The van der Waals surface area contributed by atoms with Crippen molar-refractivity contribution in [3.05, 3.63) is 52.6 Å². The van der Waals surface area contributed by atoms with Gasteiger partial charge in [0.25, 0.3) is 11.8 Å². The van der Waals surface area contributed by atoms with Gasteiger partial charge < -0.3 is 0 Å². The molecular weight excluding hydrogens is 316 g/mol. The van der Waals surface area contributed by atoms with E-state index >= 15 is 0 Å². The van der Waals surface area contributed by atoms with E-state index in [0.29, 0.717) is 5.02 Å². The molecular formula is C17H17ClN2O3. The summed E-state index contributed by atoms with van der Waals surface area (Å²) in [4.78, 5) is 38.7. The second-order valence-corrected chi connectivity index (χ2v) is 5.31. The highest BCUT2D eigenvalue weighted by Gasteiger charge is 2.39. The molecule has 0 unspecified atom stereocenters. The standard InChI is InChI=1S/C17H17ClN2O3/c1-3-19-15(21)14(16(22)20(4-2)17(19)23)7-5-6-12-8-10-13(18)11-9-12/h5-11H,3-4H2,1-2H3/b6-5+. The Labute approximate surface area is 139 Å². The van der Waals surface area contributed by atoms with Crippen molar-refractivity contribution in [1.29, 1.82) is 0 Å². The number of allylic oxidation sites excluding steroid dienone is 2. The lowest BCUT2D eigenvalue weighted by Crippen LogP contribution is -2.56. The van der Waals surface area contributed by atoms with E-state index in [4.69, 9.17) is 11.6 Å². The number of imide groups is 2. The predicted octanol–water partition coefficient (Wildman–Crippen LogP) is 3.11. The molecule has 0 radical (unpaired) electrons. The normalized spacial score (nSPS) is 15.8. The summed E-state index contributed by atoms with van der Waals surface area (Å²) in [6, 6.07) is 6.58. The lowest BCUT2D eigenvalue weighted by atomic mass is 10.1. The molecule has 0 aromatic heterocycles. The fourth-order valence-electron chi connectivity index (χ4n) is 2.23. The number of hydrogen-bond acceptors (Lipinski definition) is 3. The number of halogens is 1. The first kappa shape index (κ1) is 17.0. The van der Waals surface area contributed by atoms with Crippen molar-refractivity contribution in [1.82, 2.24) is 9.80 Å². The SMILES string of the molecule is CCN1C(=O)C(=C/C=C/c2ccc(Cl)cc2)C(=O)N(CC)C1=O. The number of carbonyl (C=O) groups is 3. The Morgan fingerprint density at radius 3 is 1.96 bits per heavy atom. The summed E-state index contributed by atoms with van der Waals surface area (Å²) in [6.07, 6.45) is 4.82. The van der Waals surface area contributed by atoms with Crippen LogP contribution in [0.5, 0.6) is 0 Å². The molecule has 23 heavy (non-hydrogen) atoms. The molecule has 1 heterocycles. The fraction of sp³-hybridized carbons (Fsp3) is 0.235. The van der Waals surface area contributed by atoms with Gasteiger partial charge in [-0.3, -0.25) is 19.4 Å². The van der Waals surface area contributed by atoms with Crippen LogP contribution >= 0.6 is 11.6 Å². The van der Waals surface area contributed by atoms with Crippen LogP contribution in [-0.4, -0.2) is 40.7 Å². The molecule has 1 fully saturated rings. The topological polar surface area (TPSA) is 57.7 Å². The van der Waals surface area contributed by atoms with Gasteiger partial charge in [0.1, 0.15) is 5.57 Å². The zero-order chi connectivity index (χ0) is 17.0. The zero-order valence-corrected chi connectivity index (χ0v) is 13.7. The van der Waals surface area contributed by atoms with Crippen LogP contribution in [0.2, 0.25) is 5.02 Å². The molecule has 0 spiro atoms. The van der Waals surface area contributed by atoms with Gasteiger partial charge in [-0.25, -0.2) is 4.79 Å². The third kappa shape index (κ3) is 3.51. The van der Waals surface area contributed by atoms with Crippen molar-refractivity contribution < 1.29 is 14.4 Å². The van der Waals surface area contributed by atoms with Gasteiger partial charge in [-0.1, -0.05) is 35.9 Å². The van der Waals surface area contributed by atoms with Crippen LogP contribution in [0.1, 0.15) is 19.4 Å². The Kier molecular flexibility index (Phi) is 5.34. The fourth-order valence-corrected chi connectivity index (χ4v) is 2.36. The highest BCUT2D eigenvalue weighted by atomic mass is 35.5. The van der Waals surface area contributed by atoms with E-state index in [0.717, 1.165) is 15.4 Å². The molecule has 0 atom stereocenters. The molecule has 0 aliphatic carbocycles. The molecule has 0 N–H and O–H groups in total. The average molecular weight is 333 g/mol. The Morgan fingerprint density at radius 1 is 0.957 bits per heavy atom. The van der Waals surface area contributed by atoms with Crippen LogP contribution in [-0.2, 0) is 9.59 Å². The molecule has 1 aromatic carbocycles. The van der Waals surface area contributed by atoms with Gasteiger partial charge in [0.2, 0.25) is 0 Å². The molecule has 6 heteroatoms. The van der Waals surface area contributed by atoms with Crippen LogP contribution in [0.4, 0.5) is 4.79 Å². The Balaban J connectivity index is 2.28. The minimum Gasteiger partial charge on any atom is -0.268 e. The number of amides is 4. The summed E-state index contributed by atoms with van der Waals surface area (Å²) >= 11 is 5.82. The van der Waals surface area contributed by atoms with Gasteiger partial charge in [0.15, 0.2) is 0 Å². The van der Waals surface area contributed by atoms with Crippen LogP contribution < -0.4 is 0 Å². The number of hydrogen-bond donors (Lipinski definition) is 0. The van der Waals surface area contributed by atoms with E-state index in [-0.39, 0.29) is 18.7 Å². The van der Waals surface area contributed by atoms with Gasteiger partial charge in [-0.2, -0.15) is 0 Å². The van der Waals surface area contributed by atoms with E-state index in [1.165, 1.54) is 6.08 Å². The lowest BCUT2D eigenvalue weighted by Gasteiger charge is -2.32. The molecule has 120 valence electrons. The number of carbonyl (C=O) groups excluding carboxylic acids is 3. The van der Waals surface area contributed by atoms with Gasteiger partial charge in [-0.15, -0.1) is 0 Å². The van der Waals surface area contributed by atoms with Crippen LogP contribution in [0, 0.1) is 0 Å². The molecule has 1 saturated heterocycles. The van der Waals surface area contributed by atoms with Gasteiger partial charge in [0, 0.05) is 18.1 Å². The second kappa shape index (κ2) is 7.24. The molecule has 0 bridgehead atoms. The van der Waals surface area contributed by atoms with Crippen molar-refractivity contribution in [2.45, 2.75) is 13.8 Å². The van der Waals surface area contributed by atoms with E-state index < -0.39 is 17.8 Å². The van der Waals surface area contributed by atoms with E-state index in [2.05, 4.69) is 0 Å². The van der Waals surface area contributed by atoms with Crippen LogP contribution in [0.15, 0.2) is 42.0 Å². The van der Waals surface area contributed by atoms with E-state index in [1.54, 1.807) is 38.1 Å². The number of nitrogens with zero attached hydrogens (tertiary/aromatic N) is 2. The quantitative estimate of drug-likeness (QED) is 0.629. The number of likely N-dealkylation sites (N-methyl/N-ethyl adjacent to an activating group) is 2. The molecule has 4 amide bonds. The Morgan fingerprint density at radius 2 is 1.48 bits per heavy atom.